The number of hydrogen-bond acceptors (Lipinski definition) is 7. The van der Waals surface area contributed by atoms with Gasteiger partial charge in [0.2, 0.25) is 0 Å². The van der Waals surface area contributed by atoms with Gasteiger partial charge in [0.15, 0.2) is 0 Å². The fourth-order valence-corrected chi connectivity index (χ4v) is 3.70. The highest BCUT2D eigenvalue weighted by molar-refractivity contribution is 6.04. The quantitative estimate of drug-likeness (QED) is 0.681. The molecule has 3 rings (SSSR count). The number of nitrogens with zero attached hydrogens (tertiary/aromatic N) is 5. The van der Waals surface area contributed by atoms with Crippen LogP contribution < -0.4 is 19.9 Å². The summed E-state index contributed by atoms with van der Waals surface area (Å²) in [7, 11) is 5.14. The molecule has 0 aliphatic carbocycles. The summed E-state index contributed by atoms with van der Waals surface area (Å²) < 4.78 is 5.51. The van der Waals surface area contributed by atoms with Gasteiger partial charge in [-0.25, -0.2) is 4.98 Å². The summed E-state index contributed by atoms with van der Waals surface area (Å²) in [5.41, 5.74) is 2.98. The van der Waals surface area contributed by atoms with Crippen LogP contribution in [0.2, 0.25) is 0 Å². The zero-order valence-electron chi connectivity index (χ0n) is 19.1. The largest absolute Gasteiger partial charge is 0.495 e. The van der Waals surface area contributed by atoms with Crippen molar-refractivity contribution in [2.45, 2.75) is 13.3 Å². The van der Waals surface area contributed by atoms with Gasteiger partial charge in [0, 0.05) is 59.1 Å². The van der Waals surface area contributed by atoms with E-state index in [1.165, 1.54) is 0 Å². The minimum Gasteiger partial charge on any atom is -0.495 e. The number of nitrogens with one attached hydrogen (secondary N) is 1. The first-order valence-electron chi connectivity index (χ1n) is 10.5. The van der Waals surface area contributed by atoms with E-state index in [1.807, 2.05) is 18.2 Å². The maximum Gasteiger partial charge on any atom is 0.259 e. The van der Waals surface area contributed by atoms with Gasteiger partial charge >= 0.3 is 0 Å². The number of carbonyl (C=O) groups excluding carboxylic acids is 1. The Morgan fingerprint density at radius 1 is 1.22 bits per heavy atom. The molecule has 0 atom stereocenters. The molecule has 1 saturated heterocycles. The topological polar surface area (TPSA) is 84.7 Å². The monoisotopic (exact) mass is 458 g/mol. The first-order valence-corrected chi connectivity index (χ1v) is 10.5. The molecular weight excluding hydrogens is 428 g/mol. The fourth-order valence-electron chi connectivity index (χ4n) is 3.70. The molecule has 172 valence electrons. The predicted octanol–water partition coefficient (Wildman–Crippen LogP) is 3.23. The van der Waals surface area contributed by atoms with Crippen molar-refractivity contribution >= 4 is 35.5 Å². The van der Waals surface area contributed by atoms with Gasteiger partial charge in [-0.3, -0.25) is 4.79 Å². The second-order valence-electron chi connectivity index (χ2n) is 7.66. The Labute approximate surface area is 196 Å². The number of aromatic nitrogens is 1. The number of methoxy groups -OCH3 is 1. The van der Waals surface area contributed by atoms with E-state index in [-0.39, 0.29) is 18.3 Å². The highest BCUT2D eigenvalue weighted by Crippen LogP contribution is 2.32. The molecule has 2 aromatic rings. The maximum absolute atomic E-state index is 13.0. The van der Waals surface area contributed by atoms with Crippen LogP contribution in [0, 0.1) is 11.3 Å². The van der Waals surface area contributed by atoms with Gasteiger partial charge in [0.25, 0.3) is 5.91 Å². The third-order valence-electron chi connectivity index (χ3n) is 5.35. The van der Waals surface area contributed by atoms with E-state index in [2.05, 4.69) is 33.1 Å². The zero-order valence-corrected chi connectivity index (χ0v) is 19.9. The van der Waals surface area contributed by atoms with Crippen molar-refractivity contribution in [2.24, 2.45) is 0 Å². The number of pyridine rings is 1. The Bertz CT molecular complexity index is 967. The Kier molecular flexibility index (Phi) is 8.97. The molecule has 9 heteroatoms. The van der Waals surface area contributed by atoms with E-state index in [4.69, 9.17) is 10.00 Å². The summed E-state index contributed by atoms with van der Waals surface area (Å²) in [6, 6.07) is 9.52. The molecule has 32 heavy (non-hydrogen) atoms. The van der Waals surface area contributed by atoms with Crippen LogP contribution in [0.3, 0.4) is 0 Å². The molecule has 0 bridgehead atoms. The molecule has 1 aliphatic rings. The van der Waals surface area contributed by atoms with Crippen molar-refractivity contribution in [1.29, 1.82) is 5.26 Å². The minimum atomic E-state index is -0.0575. The number of anilines is 3. The smallest absolute Gasteiger partial charge is 0.259 e. The fraction of sp³-hybridized carbons (Fsp3) is 0.435. The van der Waals surface area contributed by atoms with Crippen LogP contribution >= 0.6 is 12.4 Å². The molecular formula is C23H31ClN6O2. The lowest BCUT2D eigenvalue weighted by Gasteiger charge is -2.38. The number of rotatable bonds is 7. The molecule has 0 unspecified atom stereocenters. The van der Waals surface area contributed by atoms with Gasteiger partial charge < -0.3 is 24.8 Å². The number of hydrogen-bond donors (Lipinski definition) is 1. The number of benzene rings is 1. The second-order valence-corrected chi connectivity index (χ2v) is 7.66. The van der Waals surface area contributed by atoms with Crippen LogP contribution in [0.15, 0.2) is 30.5 Å². The highest BCUT2D eigenvalue weighted by Gasteiger charge is 2.27. The lowest BCUT2D eigenvalue weighted by atomic mass is 10.1. The number of nitriles is 1. The van der Waals surface area contributed by atoms with Crippen LogP contribution in [0.25, 0.3) is 0 Å². The van der Waals surface area contributed by atoms with Crippen LogP contribution in [0.1, 0.15) is 29.3 Å². The Hall–Kier alpha value is -3.18. The number of amides is 1. The molecule has 0 radical (unpaired) electrons. The minimum absolute atomic E-state index is 0. The van der Waals surface area contributed by atoms with Gasteiger partial charge in [-0.05, 0) is 24.6 Å². The van der Waals surface area contributed by atoms with Crippen molar-refractivity contribution in [3.63, 3.8) is 0 Å². The third kappa shape index (κ3) is 5.35. The molecule has 8 nitrogen and oxygen atoms in total. The Morgan fingerprint density at radius 3 is 2.50 bits per heavy atom. The number of halogens is 1. The van der Waals surface area contributed by atoms with Crippen molar-refractivity contribution in [3.8, 4) is 11.8 Å². The number of carbonyl (C=O) groups is 1. The first-order chi connectivity index (χ1) is 15.0. The molecule has 0 spiro atoms. The molecule has 1 amide bonds. The molecule has 2 heterocycles. The van der Waals surface area contributed by atoms with E-state index >= 15 is 0 Å². The van der Waals surface area contributed by atoms with Crippen LogP contribution in [-0.2, 0) is 0 Å². The Balaban J connectivity index is 0.00000363. The molecule has 1 aliphatic heterocycles. The van der Waals surface area contributed by atoms with Gasteiger partial charge in [0.1, 0.15) is 17.1 Å². The first kappa shape index (κ1) is 25.1. The summed E-state index contributed by atoms with van der Waals surface area (Å²) >= 11 is 0. The summed E-state index contributed by atoms with van der Waals surface area (Å²) in [5.74, 6) is 1.35. The lowest BCUT2D eigenvalue weighted by Crippen LogP contribution is -2.47. The predicted molar refractivity (Wildman–Crippen MR) is 130 cm³/mol. The van der Waals surface area contributed by atoms with E-state index in [0.717, 1.165) is 50.5 Å². The van der Waals surface area contributed by atoms with Crippen molar-refractivity contribution in [1.82, 2.24) is 9.88 Å². The van der Waals surface area contributed by atoms with Crippen molar-refractivity contribution < 1.29 is 9.53 Å². The molecule has 1 aromatic heterocycles. The Morgan fingerprint density at radius 2 is 1.91 bits per heavy atom. The average Bonchev–Trinajstić information content (AvgIpc) is 2.81. The van der Waals surface area contributed by atoms with Crippen molar-refractivity contribution in [2.75, 3.05) is 69.0 Å². The van der Waals surface area contributed by atoms with E-state index in [0.29, 0.717) is 22.7 Å². The zero-order chi connectivity index (χ0) is 22.4. The summed E-state index contributed by atoms with van der Waals surface area (Å²) in [6.45, 7) is 5.85. The SMILES string of the molecule is CCCNc1ccnc(N2CCN(c3ccc(C#N)cc3OC)CC2)c1C(=O)N(C)C.Cl. The lowest BCUT2D eigenvalue weighted by molar-refractivity contribution is 0.0828. The van der Waals surface area contributed by atoms with Crippen molar-refractivity contribution in [3.05, 3.63) is 41.6 Å². The van der Waals surface area contributed by atoms with Crippen LogP contribution in [0.4, 0.5) is 17.2 Å². The van der Waals surface area contributed by atoms with E-state index in [1.54, 1.807) is 38.4 Å². The van der Waals surface area contributed by atoms with Gasteiger partial charge in [-0.15, -0.1) is 12.4 Å². The maximum atomic E-state index is 13.0. The average molecular weight is 459 g/mol. The summed E-state index contributed by atoms with van der Waals surface area (Å²) in [4.78, 5) is 23.6. The molecule has 0 saturated carbocycles. The summed E-state index contributed by atoms with van der Waals surface area (Å²) in [5, 5.41) is 12.5. The van der Waals surface area contributed by atoms with Gasteiger partial charge in [0.05, 0.1) is 30.1 Å². The number of ether oxygens (including phenoxy) is 1. The summed E-state index contributed by atoms with van der Waals surface area (Å²) in [6.07, 6.45) is 2.73. The third-order valence-corrected chi connectivity index (χ3v) is 5.35. The molecule has 1 N–H and O–H groups in total. The second kappa shape index (κ2) is 11.4. The van der Waals surface area contributed by atoms with E-state index < -0.39 is 0 Å². The van der Waals surface area contributed by atoms with Gasteiger partial charge in [-0.1, -0.05) is 6.92 Å². The van der Waals surface area contributed by atoms with Crippen LogP contribution in [-0.4, -0.2) is 69.7 Å². The van der Waals surface area contributed by atoms with Crippen LogP contribution in [0.5, 0.6) is 5.75 Å². The number of piperazine rings is 1. The van der Waals surface area contributed by atoms with Gasteiger partial charge in [-0.2, -0.15) is 5.26 Å². The highest BCUT2D eigenvalue weighted by atomic mass is 35.5. The molecule has 1 aromatic carbocycles. The normalized spacial score (nSPS) is 13.1. The molecule has 1 fully saturated rings. The van der Waals surface area contributed by atoms with E-state index in [9.17, 15) is 4.79 Å². The standard InChI is InChI=1S/C23H30N6O2.ClH/c1-5-9-25-18-8-10-26-22(21(18)23(30)27(2)3)29-13-11-28(12-14-29)19-7-6-17(16-24)15-20(19)31-4;/h6-8,10,15H,5,9,11-14H2,1-4H3,(H,25,26);1H.